The molecule has 3 nitrogen and oxygen atoms in total. The molecule has 0 amide bonds. The van der Waals surface area contributed by atoms with E-state index in [2.05, 4.69) is 15.0 Å². The van der Waals surface area contributed by atoms with Crippen LogP contribution in [0.2, 0.25) is 0 Å². The number of nitrogens with zero attached hydrogens (tertiary/aromatic N) is 1. The Bertz CT molecular complexity index is 471. The van der Waals surface area contributed by atoms with Crippen molar-refractivity contribution in [2.45, 2.75) is 6.18 Å². The molecule has 0 unspecified atom stereocenters. The van der Waals surface area contributed by atoms with Crippen LogP contribution >= 0.6 is 0 Å². The Morgan fingerprint density at radius 3 is 2.72 bits per heavy atom. The lowest BCUT2D eigenvalue weighted by Gasteiger charge is -2.13. The number of nitrogens with one attached hydrogen (secondary N) is 1. The number of halogens is 4. The van der Waals surface area contributed by atoms with Gasteiger partial charge < -0.3 is 10.1 Å². The third-order valence-corrected chi connectivity index (χ3v) is 2.28. The first kappa shape index (κ1) is 12.7. The number of ether oxygens (including phenoxy) is 1. The van der Waals surface area contributed by atoms with Gasteiger partial charge in [0.25, 0.3) is 0 Å². The molecule has 98 valence electrons. The monoisotopic (exact) mass is 262 g/mol. The van der Waals surface area contributed by atoms with Gasteiger partial charge in [-0.2, -0.15) is 13.2 Å². The zero-order valence-corrected chi connectivity index (χ0v) is 9.22. The molecule has 0 aliphatic carbocycles. The van der Waals surface area contributed by atoms with E-state index < -0.39 is 18.6 Å². The maximum atomic E-state index is 13.6. The SMILES string of the molecule is Fc1cccc(OCC(F)(F)F)c1C1=NCCN1. The van der Waals surface area contributed by atoms with Crippen molar-refractivity contribution in [2.24, 2.45) is 4.99 Å². The normalized spacial score (nSPS) is 15.2. The van der Waals surface area contributed by atoms with Crippen LogP contribution in [0.15, 0.2) is 23.2 Å². The summed E-state index contributed by atoms with van der Waals surface area (Å²) in [4.78, 5) is 3.98. The highest BCUT2D eigenvalue weighted by Gasteiger charge is 2.29. The predicted octanol–water partition coefficient (Wildman–Crippen LogP) is 2.12. The van der Waals surface area contributed by atoms with E-state index in [1.165, 1.54) is 12.1 Å². The number of aliphatic imine (C=N–C) groups is 1. The van der Waals surface area contributed by atoms with Crippen molar-refractivity contribution in [3.05, 3.63) is 29.6 Å². The van der Waals surface area contributed by atoms with E-state index in [4.69, 9.17) is 0 Å². The van der Waals surface area contributed by atoms with Gasteiger partial charge in [-0.15, -0.1) is 0 Å². The van der Waals surface area contributed by atoms with Crippen LogP contribution in [-0.4, -0.2) is 31.7 Å². The maximum Gasteiger partial charge on any atom is 0.422 e. The first-order chi connectivity index (χ1) is 8.47. The van der Waals surface area contributed by atoms with Crippen molar-refractivity contribution >= 4 is 5.84 Å². The summed E-state index contributed by atoms with van der Waals surface area (Å²) < 4.78 is 54.5. The average molecular weight is 262 g/mol. The van der Waals surface area contributed by atoms with Crippen molar-refractivity contribution < 1.29 is 22.3 Å². The summed E-state index contributed by atoms with van der Waals surface area (Å²) in [6.45, 7) is -0.471. The van der Waals surface area contributed by atoms with Crippen molar-refractivity contribution in [1.29, 1.82) is 0 Å². The van der Waals surface area contributed by atoms with Gasteiger partial charge in [0.15, 0.2) is 6.61 Å². The number of hydrogen-bond acceptors (Lipinski definition) is 3. The summed E-state index contributed by atoms with van der Waals surface area (Å²) in [7, 11) is 0. The van der Waals surface area contributed by atoms with Gasteiger partial charge in [0.1, 0.15) is 17.4 Å². The van der Waals surface area contributed by atoms with Gasteiger partial charge in [-0.1, -0.05) is 6.07 Å². The molecule has 1 aliphatic rings. The second-order valence-electron chi connectivity index (χ2n) is 3.67. The van der Waals surface area contributed by atoms with Crippen LogP contribution in [0.25, 0.3) is 0 Å². The molecule has 0 bridgehead atoms. The van der Waals surface area contributed by atoms with Crippen molar-refractivity contribution in [2.75, 3.05) is 19.7 Å². The summed E-state index contributed by atoms with van der Waals surface area (Å²) >= 11 is 0. The van der Waals surface area contributed by atoms with Gasteiger partial charge in [-0.05, 0) is 12.1 Å². The van der Waals surface area contributed by atoms with E-state index in [0.717, 1.165) is 6.07 Å². The minimum absolute atomic E-state index is 0.0562. The molecule has 1 aromatic rings. The topological polar surface area (TPSA) is 33.6 Å². The summed E-state index contributed by atoms with van der Waals surface area (Å²) in [5, 5.41) is 2.80. The maximum absolute atomic E-state index is 13.6. The van der Waals surface area contributed by atoms with Crippen molar-refractivity contribution in [3.8, 4) is 5.75 Å². The van der Waals surface area contributed by atoms with Crippen LogP contribution in [0.4, 0.5) is 17.6 Å². The number of benzene rings is 1. The molecule has 0 atom stereocenters. The van der Waals surface area contributed by atoms with Gasteiger partial charge in [0, 0.05) is 6.54 Å². The number of rotatable bonds is 3. The molecule has 0 saturated carbocycles. The lowest BCUT2D eigenvalue weighted by Crippen LogP contribution is -2.24. The van der Waals surface area contributed by atoms with E-state index in [9.17, 15) is 17.6 Å². The molecule has 2 rings (SSSR count). The van der Waals surface area contributed by atoms with E-state index in [1.807, 2.05) is 0 Å². The average Bonchev–Trinajstić information content (AvgIpc) is 2.78. The number of amidine groups is 1. The highest BCUT2D eigenvalue weighted by molar-refractivity contribution is 6.02. The lowest BCUT2D eigenvalue weighted by atomic mass is 10.1. The molecule has 0 radical (unpaired) electrons. The number of alkyl halides is 3. The molecule has 7 heteroatoms. The second kappa shape index (κ2) is 4.83. The molecule has 1 aromatic carbocycles. The third-order valence-electron chi connectivity index (χ3n) is 2.28. The van der Waals surface area contributed by atoms with Gasteiger partial charge in [-0.25, -0.2) is 4.39 Å². The van der Waals surface area contributed by atoms with E-state index in [0.29, 0.717) is 13.1 Å². The van der Waals surface area contributed by atoms with Crippen molar-refractivity contribution in [1.82, 2.24) is 5.32 Å². The Hall–Kier alpha value is -1.79. The standard InChI is InChI=1S/C11H10F4N2O/c12-7-2-1-3-8(18-6-11(13,14)15)9(7)10-16-4-5-17-10/h1-3H,4-6H2,(H,16,17). The lowest BCUT2D eigenvalue weighted by molar-refractivity contribution is -0.153. The second-order valence-corrected chi connectivity index (χ2v) is 3.67. The summed E-state index contributed by atoms with van der Waals surface area (Å²) in [6.07, 6.45) is -4.46. The fourth-order valence-electron chi connectivity index (χ4n) is 1.58. The molecule has 0 spiro atoms. The first-order valence-corrected chi connectivity index (χ1v) is 5.24. The zero-order valence-electron chi connectivity index (χ0n) is 9.22. The van der Waals surface area contributed by atoms with E-state index in [-0.39, 0.29) is 17.1 Å². The Morgan fingerprint density at radius 1 is 1.33 bits per heavy atom. The quantitative estimate of drug-likeness (QED) is 0.846. The molecule has 1 heterocycles. The Kier molecular flexibility index (Phi) is 3.40. The van der Waals surface area contributed by atoms with Crippen LogP contribution in [0, 0.1) is 5.82 Å². The molecule has 1 aliphatic heterocycles. The van der Waals surface area contributed by atoms with Gasteiger partial charge in [0.2, 0.25) is 0 Å². The van der Waals surface area contributed by atoms with Crippen LogP contribution in [0.5, 0.6) is 5.75 Å². The van der Waals surface area contributed by atoms with E-state index >= 15 is 0 Å². The third kappa shape index (κ3) is 2.91. The van der Waals surface area contributed by atoms with Crippen LogP contribution in [-0.2, 0) is 0 Å². The molecule has 0 aromatic heterocycles. The van der Waals surface area contributed by atoms with Gasteiger partial charge in [0.05, 0.1) is 12.1 Å². The molecule has 0 fully saturated rings. The molecule has 1 N–H and O–H groups in total. The summed E-state index contributed by atoms with van der Waals surface area (Å²) in [5.74, 6) is -0.603. The summed E-state index contributed by atoms with van der Waals surface area (Å²) in [6, 6.07) is 3.73. The van der Waals surface area contributed by atoms with Crippen LogP contribution in [0.1, 0.15) is 5.56 Å². The van der Waals surface area contributed by atoms with Crippen molar-refractivity contribution in [3.63, 3.8) is 0 Å². The highest BCUT2D eigenvalue weighted by atomic mass is 19.4. The molecule has 18 heavy (non-hydrogen) atoms. The molecular weight excluding hydrogens is 252 g/mol. The minimum Gasteiger partial charge on any atom is -0.483 e. The first-order valence-electron chi connectivity index (χ1n) is 5.24. The van der Waals surface area contributed by atoms with Crippen LogP contribution < -0.4 is 10.1 Å². The Balaban J connectivity index is 2.27. The summed E-state index contributed by atoms with van der Waals surface area (Å²) in [5.41, 5.74) is -0.0562. The highest BCUT2D eigenvalue weighted by Crippen LogP contribution is 2.25. The fourth-order valence-corrected chi connectivity index (χ4v) is 1.58. The van der Waals surface area contributed by atoms with Crippen LogP contribution in [0.3, 0.4) is 0 Å². The fraction of sp³-hybridized carbons (Fsp3) is 0.364. The van der Waals surface area contributed by atoms with Gasteiger partial charge >= 0.3 is 6.18 Å². The zero-order chi connectivity index (χ0) is 13.2. The molecular formula is C11H10F4N2O. The van der Waals surface area contributed by atoms with E-state index in [1.54, 1.807) is 0 Å². The predicted molar refractivity (Wildman–Crippen MR) is 57.4 cm³/mol. The number of hydrogen-bond donors (Lipinski definition) is 1. The Morgan fingerprint density at radius 2 is 2.11 bits per heavy atom. The Labute approximate surface area is 100 Å². The largest absolute Gasteiger partial charge is 0.483 e. The van der Waals surface area contributed by atoms with Gasteiger partial charge in [-0.3, -0.25) is 4.99 Å². The smallest absolute Gasteiger partial charge is 0.422 e. The minimum atomic E-state index is -4.46. The molecule has 0 saturated heterocycles.